The van der Waals surface area contributed by atoms with Crippen molar-refractivity contribution in [3.8, 4) is 0 Å². The third kappa shape index (κ3) is 4.82. The number of anilines is 2. The van der Waals surface area contributed by atoms with E-state index in [1.54, 1.807) is 0 Å². The standard InChI is InChI=1S/C15H26N4O2/c1-3-16-13-11(2)14(17-7-4-9-21-10-8-20)19-15(18-13)12-5-6-12/h12,20H,3-10H2,1-2H3,(H2,16,17,18,19). The van der Waals surface area contributed by atoms with Crippen molar-refractivity contribution in [2.24, 2.45) is 0 Å². The van der Waals surface area contributed by atoms with Crippen LogP contribution in [0.1, 0.15) is 43.5 Å². The number of rotatable bonds is 10. The lowest BCUT2D eigenvalue weighted by atomic mass is 10.2. The average molecular weight is 294 g/mol. The zero-order chi connectivity index (χ0) is 15.1. The molecule has 118 valence electrons. The summed E-state index contributed by atoms with van der Waals surface area (Å²) in [4.78, 5) is 9.31. The highest BCUT2D eigenvalue weighted by atomic mass is 16.5. The van der Waals surface area contributed by atoms with Crippen molar-refractivity contribution >= 4 is 11.6 Å². The second-order valence-corrected chi connectivity index (χ2v) is 5.32. The first-order valence-electron chi connectivity index (χ1n) is 7.81. The van der Waals surface area contributed by atoms with Gasteiger partial charge >= 0.3 is 0 Å². The molecule has 0 amide bonds. The summed E-state index contributed by atoms with van der Waals surface area (Å²) < 4.78 is 5.25. The summed E-state index contributed by atoms with van der Waals surface area (Å²) in [6.45, 7) is 6.91. The molecule has 6 heteroatoms. The molecule has 0 atom stereocenters. The Hall–Kier alpha value is -1.40. The summed E-state index contributed by atoms with van der Waals surface area (Å²) >= 11 is 0. The number of aliphatic hydroxyl groups is 1. The van der Waals surface area contributed by atoms with Crippen LogP contribution in [-0.4, -0.2) is 48.0 Å². The number of hydrogen-bond donors (Lipinski definition) is 3. The van der Waals surface area contributed by atoms with Crippen molar-refractivity contribution in [2.75, 3.05) is 43.5 Å². The molecule has 0 spiro atoms. The monoisotopic (exact) mass is 294 g/mol. The molecule has 0 unspecified atom stereocenters. The molecule has 1 heterocycles. The van der Waals surface area contributed by atoms with Crippen LogP contribution in [0.2, 0.25) is 0 Å². The van der Waals surface area contributed by atoms with Gasteiger partial charge in [0.25, 0.3) is 0 Å². The van der Waals surface area contributed by atoms with Crippen LogP contribution in [0.4, 0.5) is 11.6 Å². The molecule has 0 aliphatic heterocycles. The van der Waals surface area contributed by atoms with Crippen LogP contribution in [0.25, 0.3) is 0 Å². The highest BCUT2D eigenvalue weighted by Crippen LogP contribution is 2.39. The first-order chi connectivity index (χ1) is 10.3. The zero-order valence-electron chi connectivity index (χ0n) is 13.0. The van der Waals surface area contributed by atoms with Crippen LogP contribution in [0, 0.1) is 6.92 Å². The van der Waals surface area contributed by atoms with E-state index in [9.17, 15) is 0 Å². The van der Waals surface area contributed by atoms with E-state index in [0.29, 0.717) is 19.1 Å². The number of nitrogens with zero attached hydrogens (tertiary/aromatic N) is 2. The Morgan fingerprint density at radius 3 is 2.52 bits per heavy atom. The molecule has 2 rings (SSSR count). The maximum absolute atomic E-state index is 8.64. The van der Waals surface area contributed by atoms with Crippen LogP contribution in [-0.2, 0) is 4.74 Å². The predicted octanol–water partition coefficient (Wildman–Crippen LogP) is 1.91. The van der Waals surface area contributed by atoms with Crippen LogP contribution < -0.4 is 10.6 Å². The van der Waals surface area contributed by atoms with Crippen molar-refractivity contribution in [3.63, 3.8) is 0 Å². The first-order valence-corrected chi connectivity index (χ1v) is 7.81. The van der Waals surface area contributed by atoms with E-state index in [2.05, 4.69) is 27.5 Å². The van der Waals surface area contributed by atoms with Crippen molar-refractivity contribution in [1.82, 2.24) is 9.97 Å². The summed E-state index contributed by atoms with van der Waals surface area (Å²) in [5, 5.41) is 15.3. The molecule has 1 aliphatic carbocycles. The smallest absolute Gasteiger partial charge is 0.136 e. The minimum atomic E-state index is 0.0786. The Kier molecular flexibility index (Phi) is 6.20. The summed E-state index contributed by atoms with van der Waals surface area (Å²) in [7, 11) is 0. The summed E-state index contributed by atoms with van der Waals surface area (Å²) in [5.74, 6) is 3.35. The van der Waals surface area contributed by atoms with Gasteiger partial charge in [-0.15, -0.1) is 0 Å². The van der Waals surface area contributed by atoms with E-state index >= 15 is 0 Å². The maximum atomic E-state index is 8.64. The van der Waals surface area contributed by atoms with Gasteiger partial charge in [-0.05, 0) is 33.1 Å². The number of aliphatic hydroxyl groups excluding tert-OH is 1. The van der Waals surface area contributed by atoms with Crippen molar-refractivity contribution < 1.29 is 9.84 Å². The van der Waals surface area contributed by atoms with Crippen LogP contribution in [0.15, 0.2) is 0 Å². The molecule has 3 N–H and O–H groups in total. The average Bonchev–Trinajstić information content (AvgIpc) is 3.31. The third-order valence-electron chi connectivity index (χ3n) is 3.44. The molecule has 1 saturated carbocycles. The summed E-state index contributed by atoms with van der Waals surface area (Å²) in [6.07, 6.45) is 3.28. The largest absolute Gasteiger partial charge is 0.394 e. The van der Waals surface area contributed by atoms with Crippen LogP contribution >= 0.6 is 0 Å². The Labute approximate surface area is 126 Å². The highest BCUT2D eigenvalue weighted by Gasteiger charge is 2.28. The van der Waals surface area contributed by atoms with Gasteiger partial charge < -0.3 is 20.5 Å². The van der Waals surface area contributed by atoms with E-state index in [0.717, 1.165) is 42.5 Å². The molecule has 0 aromatic carbocycles. The number of ether oxygens (including phenoxy) is 1. The lowest BCUT2D eigenvalue weighted by Gasteiger charge is -2.14. The Balaban J connectivity index is 1.93. The quantitative estimate of drug-likeness (QED) is 0.572. The molecule has 1 fully saturated rings. The molecular formula is C15H26N4O2. The van der Waals surface area contributed by atoms with Gasteiger partial charge in [0.15, 0.2) is 0 Å². The van der Waals surface area contributed by atoms with Gasteiger partial charge in [0.1, 0.15) is 17.5 Å². The van der Waals surface area contributed by atoms with E-state index in [4.69, 9.17) is 9.84 Å². The van der Waals surface area contributed by atoms with Crippen molar-refractivity contribution in [1.29, 1.82) is 0 Å². The second kappa shape index (κ2) is 8.14. The Morgan fingerprint density at radius 2 is 1.90 bits per heavy atom. The summed E-state index contributed by atoms with van der Waals surface area (Å²) in [5.41, 5.74) is 1.07. The fourth-order valence-corrected chi connectivity index (χ4v) is 2.12. The van der Waals surface area contributed by atoms with E-state index in [-0.39, 0.29) is 6.61 Å². The molecule has 1 aromatic rings. The van der Waals surface area contributed by atoms with Crippen molar-refractivity contribution in [2.45, 2.75) is 39.0 Å². The van der Waals surface area contributed by atoms with Gasteiger partial charge in [-0.2, -0.15) is 0 Å². The zero-order valence-corrected chi connectivity index (χ0v) is 13.0. The van der Waals surface area contributed by atoms with Gasteiger partial charge in [0.05, 0.1) is 13.2 Å². The highest BCUT2D eigenvalue weighted by molar-refractivity contribution is 5.57. The molecule has 21 heavy (non-hydrogen) atoms. The summed E-state index contributed by atoms with van der Waals surface area (Å²) in [6, 6.07) is 0. The van der Waals surface area contributed by atoms with Gasteiger partial charge in [0, 0.05) is 31.2 Å². The van der Waals surface area contributed by atoms with Gasteiger partial charge in [0.2, 0.25) is 0 Å². The lowest BCUT2D eigenvalue weighted by Crippen LogP contribution is -2.13. The molecule has 6 nitrogen and oxygen atoms in total. The SMILES string of the molecule is CCNc1nc(C2CC2)nc(NCCCOCCO)c1C. The van der Waals surface area contributed by atoms with Crippen molar-refractivity contribution in [3.05, 3.63) is 11.4 Å². The molecular weight excluding hydrogens is 268 g/mol. The molecule has 0 saturated heterocycles. The normalized spacial score (nSPS) is 14.2. The minimum absolute atomic E-state index is 0.0786. The van der Waals surface area contributed by atoms with E-state index in [1.165, 1.54) is 12.8 Å². The third-order valence-corrected chi connectivity index (χ3v) is 3.44. The second-order valence-electron chi connectivity index (χ2n) is 5.32. The molecule has 0 bridgehead atoms. The minimum Gasteiger partial charge on any atom is -0.394 e. The molecule has 1 aromatic heterocycles. The number of nitrogens with one attached hydrogen (secondary N) is 2. The number of hydrogen-bond acceptors (Lipinski definition) is 6. The van der Waals surface area contributed by atoms with Gasteiger partial charge in [-0.25, -0.2) is 9.97 Å². The van der Waals surface area contributed by atoms with E-state index < -0.39 is 0 Å². The van der Waals surface area contributed by atoms with Gasteiger partial charge in [-0.3, -0.25) is 0 Å². The maximum Gasteiger partial charge on any atom is 0.136 e. The topological polar surface area (TPSA) is 79.3 Å². The lowest BCUT2D eigenvalue weighted by molar-refractivity contribution is 0.0922. The Bertz CT molecular complexity index is 450. The predicted molar refractivity (Wildman–Crippen MR) is 83.9 cm³/mol. The van der Waals surface area contributed by atoms with Crippen LogP contribution in [0.3, 0.4) is 0 Å². The van der Waals surface area contributed by atoms with Gasteiger partial charge in [-0.1, -0.05) is 0 Å². The van der Waals surface area contributed by atoms with E-state index in [1.807, 2.05) is 6.92 Å². The number of aromatic nitrogens is 2. The molecule has 1 aliphatic rings. The van der Waals surface area contributed by atoms with Crippen LogP contribution in [0.5, 0.6) is 0 Å². The molecule has 0 radical (unpaired) electrons. The Morgan fingerprint density at radius 1 is 1.19 bits per heavy atom. The fraction of sp³-hybridized carbons (Fsp3) is 0.733. The fourth-order valence-electron chi connectivity index (χ4n) is 2.12. The first kappa shape index (κ1) is 16.0.